The van der Waals surface area contributed by atoms with E-state index in [0.29, 0.717) is 22.4 Å². The van der Waals surface area contributed by atoms with Gasteiger partial charge < -0.3 is 10.1 Å². The largest absolute Gasteiger partial charge is 0.448 e. The van der Waals surface area contributed by atoms with Crippen molar-refractivity contribution in [3.8, 4) is 0 Å². The van der Waals surface area contributed by atoms with Crippen LogP contribution < -0.4 is 9.62 Å². The summed E-state index contributed by atoms with van der Waals surface area (Å²) in [5.41, 5.74) is 2.39. The second-order valence-electron chi connectivity index (χ2n) is 6.69. The van der Waals surface area contributed by atoms with E-state index in [1.807, 2.05) is 12.1 Å². The molecule has 29 heavy (non-hydrogen) atoms. The van der Waals surface area contributed by atoms with Crippen LogP contribution in [0.2, 0.25) is 0 Å². The summed E-state index contributed by atoms with van der Waals surface area (Å²) in [6, 6.07) is 15.1. The lowest BCUT2D eigenvalue weighted by molar-refractivity contribution is -0.118. The molecule has 0 aliphatic carbocycles. The van der Waals surface area contributed by atoms with E-state index in [2.05, 4.69) is 5.32 Å². The Kier molecular flexibility index (Phi) is 6.03. The smallest absolute Gasteiger partial charge is 0.445 e. The molecular weight excluding hydrogens is 392 g/mol. The van der Waals surface area contributed by atoms with Crippen molar-refractivity contribution in [3.63, 3.8) is 0 Å². The van der Waals surface area contributed by atoms with Gasteiger partial charge in [0.15, 0.2) is 0 Å². The molecule has 0 unspecified atom stereocenters. The van der Waals surface area contributed by atoms with Crippen LogP contribution in [-0.4, -0.2) is 32.2 Å². The van der Waals surface area contributed by atoms with Gasteiger partial charge in [0.1, 0.15) is 6.61 Å². The third-order valence-corrected chi connectivity index (χ3v) is 6.18. The maximum absolute atomic E-state index is 13.1. The number of para-hydroxylation sites is 1. The van der Waals surface area contributed by atoms with Gasteiger partial charge in [-0.15, -0.1) is 0 Å². The van der Waals surface area contributed by atoms with E-state index in [-0.39, 0.29) is 19.1 Å². The summed E-state index contributed by atoms with van der Waals surface area (Å²) in [5, 5.41) is 1.36. The van der Waals surface area contributed by atoms with Crippen molar-refractivity contribution in [1.29, 1.82) is 0 Å². The van der Waals surface area contributed by atoms with Gasteiger partial charge in [0, 0.05) is 13.5 Å². The average molecular weight is 414 g/mol. The minimum Gasteiger partial charge on any atom is -0.448 e. The maximum atomic E-state index is 13.1. The van der Waals surface area contributed by atoms with Crippen LogP contribution in [0.3, 0.4) is 0 Å². The zero-order valence-corrected chi connectivity index (χ0v) is 17.0. The Morgan fingerprint density at radius 3 is 2.41 bits per heavy atom. The zero-order chi connectivity index (χ0) is 21.0. The van der Waals surface area contributed by atoms with E-state index in [1.165, 1.54) is 6.92 Å². The van der Waals surface area contributed by atoms with Crippen molar-refractivity contribution in [2.75, 3.05) is 10.8 Å². The molecule has 1 aliphatic heterocycles. The van der Waals surface area contributed by atoms with Gasteiger partial charge in [-0.3, -0.25) is 9.10 Å². The van der Waals surface area contributed by atoms with E-state index in [9.17, 15) is 18.0 Å². The molecule has 1 atom stereocenters. The number of sulfonamides is 1. The first-order chi connectivity index (χ1) is 13.8. The summed E-state index contributed by atoms with van der Waals surface area (Å²) < 4.78 is 32.3. The van der Waals surface area contributed by atoms with Crippen LogP contribution in [0.5, 0.6) is 0 Å². The van der Waals surface area contributed by atoms with Gasteiger partial charge >= 0.3 is 15.3 Å². The predicted molar refractivity (Wildman–Crippen MR) is 111 cm³/mol. The number of fused-ring (bicyclic) bond motifs is 1. The lowest BCUT2D eigenvalue weighted by atomic mass is 9.98. The maximum Gasteiger partial charge on any atom is 0.445 e. The van der Waals surface area contributed by atoms with Crippen LogP contribution in [-0.2, 0) is 26.2 Å². The van der Waals surface area contributed by atoms with Gasteiger partial charge in [-0.2, -0.15) is 8.42 Å². The Balaban J connectivity index is 1.89. The van der Waals surface area contributed by atoms with Crippen molar-refractivity contribution in [3.05, 3.63) is 71.3 Å². The van der Waals surface area contributed by atoms with Crippen LogP contribution in [0, 0.1) is 0 Å². The number of anilines is 1. The van der Waals surface area contributed by atoms with Crippen molar-refractivity contribution < 1.29 is 22.7 Å². The molecule has 0 fully saturated rings. The lowest BCUT2D eigenvalue weighted by Gasteiger charge is -2.35. The highest BCUT2D eigenvalue weighted by Gasteiger charge is 2.39. The Bertz CT molecular complexity index is 1050. The molecule has 2 aromatic rings. The molecule has 1 aliphatic rings. The molecule has 0 bridgehead atoms. The Labute approximate surface area is 170 Å². The molecule has 1 N–H and O–H groups in total. The minimum atomic E-state index is -4.45. The topological polar surface area (TPSA) is 92.8 Å². The number of hydrogen-bond donors (Lipinski definition) is 1. The summed E-state index contributed by atoms with van der Waals surface area (Å²) in [7, 11) is -4.45. The van der Waals surface area contributed by atoms with Crippen molar-refractivity contribution in [2.45, 2.75) is 26.5 Å². The minimum absolute atomic E-state index is 0.142. The van der Waals surface area contributed by atoms with Crippen LogP contribution >= 0.6 is 0 Å². The van der Waals surface area contributed by atoms with Crippen molar-refractivity contribution >= 4 is 33.0 Å². The number of rotatable bonds is 5. The second-order valence-corrected chi connectivity index (χ2v) is 8.37. The number of ether oxygens (including phenoxy) is 1. The van der Waals surface area contributed by atoms with Gasteiger partial charge in [0.2, 0.25) is 5.91 Å². The van der Waals surface area contributed by atoms with E-state index in [0.717, 1.165) is 4.31 Å². The van der Waals surface area contributed by atoms with E-state index < -0.39 is 21.4 Å². The van der Waals surface area contributed by atoms with Crippen molar-refractivity contribution in [1.82, 2.24) is 5.32 Å². The molecule has 1 amide bonds. The molecule has 0 saturated carbocycles. The highest BCUT2D eigenvalue weighted by atomic mass is 32.2. The first-order valence-corrected chi connectivity index (χ1v) is 10.5. The van der Waals surface area contributed by atoms with Gasteiger partial charge in [-0.1, -0.05) is 48.5 Å². The van der Waals surface area contributed by atoms with Crippen LogP contribution in [0.4, 0.5) is 10.5 Å². The van der Waals surface area contributed by atoms with E-state index in [1.54, 1.807) is 55.5 Å². The molecule has 1 heterocycles. The number of carbonyl (C=O) groups is 2. The molecule has 0 radical (unpaired) electrons. The highest BCUT2D eigenvalue weighted by Crippen LogP contribution is 2.35. The third kappa shape index (κ3) is 4.48. The molecule has 3 rings (SSSR count). The Morgan fingerprint density at radius 1 is 1.07 bits per heavy atom. The molecule has 2 aromatic carbocycles. The Hall–Kier alpha value is -3.13. The van der Waals surface area contributed by atoms with Crippen LogP contribution in [0.1, 0.15) is 25.0 Å². The first-order valence-electron chi connectivity index (χ1n) is 9.09. The molecule has 7 nitrogen and oxygen atoms in total. The monoisotopic (exact) mass is 414 g/mol. The Morgan fingerprint density at radius 2 is 1.72 bits per heavy atom. The summed E-state index contributed by atoms with van der Waals surface area (Å²) in [4.78, 5) is 23.8. The molecule has 8 heteroatoms. The molecule has 0 saturated heterocycles. The quantitative estimate of drug-likeness (QED) is 0.759. The fourth-order valence-corrected chi connectivity index (χ4v) is 4.47. The molecule has 0 spiro atoms. The fourth-order valence-electron chi connectivity index (χ4n) is 3.12. The summed E-state index contributed by atoms with van der Waals surface area (Å²) >= 11 is 0. The van der Waals surface area contributed by atoms with Crippen LogP contribution in [0.15, 0.2) is 60.2 Å². The van der Waals surface area contributed by atoms with Crippen molar-refractivity contribution in [2.24, 2.45) is 0 Å². The lowest BCUT2D eigenvalue weighted by Crippen LogP contribution is -2.46. The normalized spacial score (nSPS) is 15.9. The molecule has 0 aromatic heterocycles. The van der Waals surface area contributed by atoms with Gasteiger partial charge in [0.05, 0.1) is 11.7 Å². The average Bonchev–Trinajstić information content (AvgIpc) is 2.70. The number of nitrogens with one attached hydrogen (secondary N) is 1. The number of benzene rings is 2. The van der Waals surface area contributed by atoms with Gasteiger partial charge in [0.25, 0.3) is 0 Å². The number of carbonyl (C=O) groups excluding carboxylic acids is 2. The summed E-state index contributed by atoms with van der Waals surface area (Å²) in [6.07, 6.45) is 1.83. The molecular formula is C21H22N2O5S. The summed E-state index contributed by atoms with van der Waals surface area (Å²) in [5.74, 6) is -0.228. The van der Waals surface area contributed by atoms with Gasteiger partial charge in [-0.25, -0.2) is 4.79 Å². The second kappa shape index (κ2) is 8.48. The van der Waals surface area contributed by atoms with Crippen LogP contribution in [0.25, 0.3) is 6.08 Å². The fraction of sp³-hybridized carbons (Fsp3) is 0.238. The summed E-state index contributed by atoms with van der Waals surface area (Å²) in [6.45, 7) is 3.09. The molecule has 152 valence electrons. The number of nitrogens with zero attached hydrogens (tertiary/aromatic N) is 1. The number of hydrogen-bond acceptors (Lipinski definition) is 5. The standard InChI is InChI=1S/C21H22N2O5S/c1-15-19(13-22-16(2)24)12-18-10-6-7-11-20(18)23(15)29(26,27)21(25)28-14-17-8-4-3-5-9-17/h3-12,15H,13-14H2,1-2H3,(H,22,24)/t15-/m1/s1. The first kappa shape index (κ1) is 20.6. The highest BCUT2D eigenvalue weighted by molar-refractivity contribution is 8.06. The SMILES string of the molecule is CC(=O)NCC1=Cc2ccccc2N(S(=O)(=O)C(=O)OCc2ccccc2)[C@@H]1C. The van der Waals surface area contributed by atoms with Gasteiger partial charge in [-0.05, 0) is 35.8 Å². The third-order valence-electron chi connectivity index (χ3n) is 4.61. The number of amides is 1. The van der Waals surface area contributed by atoms with E-state index >= 15 is 0 Å². The van der Waals surface area contributed by atoms with E-state index in [4.69, 9.17) is 4.74 Å². The zero-order valence-electron chi connectivity index (χ0n) is 16.2. The predicted octanol–water partition coefficient (Wildman–Crippen LogP) is 3.08.